The van der Waals surface area contributed by atoms with E-state index < -0.39 is 11.5 Å². The molecule has 1 fully saturated rings. The first kappa shape index (κ1) is 28.6. The minimum absolute atomic E-state index is 0.0136. The Bertz CT molecular complexity index is 1840. The van der Waals surface area contributed by atoms with Gasteiger partial charge in [-0.1, -0.05) is 32.6 Å². The second kappa shape index (κ2) is 11.2. The van der Waals surface area contributed by atoms with E-state index in [9.17, 15) is 19.2 Å². The van der Waals surface area contributed by atoms with Crippen molar-refractivity contribution in [3.05, 3.63) is 87.9 Å². The molecule has 0 bridgehead atoms. The number of fused-ring (bicyclic) bond motifs is 1. The van der Waals surface area contributed by atoms with Gasteiger partial charge in [0.2, 0.25) is 5.91 Å². The number of rotatable bonds is 5. The summed E-state index contributed by atoms with van der Waals surface area (Å²) < 4.78 is 16.1. The molecule has 1 unspecified atom stereocenters. The predicted molar refractivity (Wildman–Crippen MR) is 160 cm³/mol. The lowest BCUT2D eigenvalue weighted by atomic mass is 10.00. The van der Waals surface area contributed by atoms with Crippen molar-refractivity contribution >= 4 is 22.8 Å². The Morgan fingerprint density at radius 2 is 1.98 bits per heavy atom. The van der Waals surface area contributed by atoms with Crippen molar-refractivity contribution in [2.75, 3.05) is 24.5 Å². The number of amides is 1. The van der Waals surface area contributed by atoms with E-state index >= 15 is 0 Å². The maximum Gasteiger partial charge on any atom is 0.355 e. The van der Waals surface area contributed by atoms with E-state index in [2.05, 4.69) is 22.6 Å². The van der Waals surface area contributed by atoms with Crippen molar-refractivity contribution in [1.29, 1.82) is 5.26 Å². The predicted octanol–water partition coefficient (Wildman–Crippen LogP) is 4.82. The number of piperazine rings is 1. The molecule has 4 aromatic rings. The lowest BCUT2D eigenvalue weighted by molar-refractivity contribution is -0.126. The van der Waals surface area contributed by atoms with Crippen LogP contribution >= 0.6 is 0 Å². The number of hydrogen-bond donors (Lipinski definition) is 0. The summed E-state index contributed by atoms with van der Waals surface area (Å²) in [4.78, 5) is 44.1. The maximum atomic E-state index is 14.7. The number of nitriles is 1. The molecule has 0 saturated carbocycles. The standard InChI is InChI=1S/C32H32FN7O2/c1-7-26(41)38-13-14-39(20(5)17-38)30-24-15-22(16-34)28(23-9-8-10-25(33)21(23)6)36-31(24)40(32(42)37-30)29-19(4)11-12-35-27(29)18(2)3/h7-12,15,18,20H,1,13-14,17H2,2-6H3. The first-order chi connectivity index (χ1) is 20.1. The number of aryl methyl sites for hydroxylation is 1. The number of anilines is 1. The van der Waals surface area contributed by atoms with Crippen molar-refractivity contribution in [2.24, 2.45) is 0 Å². The molecule has 4 heterocycles. The topological polar surface area (TPSA) is 108 Å². The van der Waals surface area contributed by atoms with Crippen molar-refractivity contribution in [3.63, 3.8) is 0 Å². The quantitative estimate of drug-likeness (QED) is 0.319. The summed E-state index contributed by atoms with van der Waals surface area (Å²) in [6.07, 6.45) is 3.00. The Labute approximate surface area is 243 Å². The molecule has 1 aliphatic rings. The molecule has 3 aromatic heterocycles. The summed E-state index contributed by atoms with van der Waals surface area (Å²) in [7, 11) is 0. The van der Waals surface area contributed by atoms with E-state index in [1.54, 1.807) is 36.2 Å². The van der Waals surface area contributed by atoms with Crippen molar-refractivity contribution in [3.8, 4) is 23.0 Å². The molecule has 42 heavy (non-hydrogen) atoms. The molecule has 9 nitrogen and oxygen atoms in total. The Morgan fingerprint density at radius 1 is 1.21 bits per heavy atom. The van der Waals surface area contributed by atoms with Crippen LogP contribution in [0.2, 0.25) is 0 Å². The number of carbonyl (C=O) groups excluding carboxylic acids is 1. The van der Waals surface area contributed by atoms with Crippen LogP contribution in [0, 0.1) is 31.0 Å². The maximum absolute atomic E-state index is 14.7. The third-order valence-corrected chi connectivity index (χ3v) is 7.80. The molecule has 0 aliphatic carbocycles. The van der Waals surface area contributed by atoms with Gasteiger partial charge in [-0.15, -0.1) is 0 Å². The third-order valence-electron chi connectivity index (χ3n) is 7.80. The number of aromatic nitrogens is 4. The van der Waals surface area contributed by atoms with Gasteiger partial charge in [-0.05, 0) is 62.1 Å². The Hall–Kier alpha value is -4.91. The van der Waals surface area contributed by atoms with Gasteiger partial charge >= 0.3 is 5.69 Å². The summed E-state index contributed by atoms with van der Waals surface area (Å²) in [6, 6.07) is 10.2. The van der Waals surface area contributed by atoms with Crippen LogP contribution in [-0.2, 0) is 4.79 Å². The molecule has 1 aliphatic heterocycles. The minimum Gasteiger partial charge on any atom is -0.350 e. The second-order valence-electron chi connectivity index (χ2n) is 10.9. The Morgan fingerprint density at radius 3 is 2.64 bits per heavy atom. The Balaban J connectivity index is 1.86. The molecule has 0 N–H and O–H groups in total. The molecule has 1 aromatic carbocycles. The van der Waals surface area contributed by atoms with Crippen LogP contribution in [0.3, 0.4) is 0 Å². The number of nitrogens with zero attached hydrogens (tertiary/aromatic N) is 7. The molecule has 0 radical (unpaired) electrons. The third kappa shape index (κ3) is 4.81. The van der Waals surface area contributed by atoms with Crippen LogP contribution in [0.5, 0.6) is 0 Å². The zero-order valence-electron chi connectivity index (χ0n) is 24.3. The number of hydrogen-bond acceptors (Lipinski definition) is 7. The van der Waals surface area contributed by atoms with Crippen molar-refractivity contribution in [2.45, 2.75) is 46.6 Å². The molecular weight excluding hydrogens is 533 g/mol. The summed E-state index contributed by atoms with van der Waals surface area (Å²) in [5, 5.41) is 10.7. The minimum atomic E-state index is -0.550. The van der Waals surface area contributed by atoms with Gasteiger partial charge in [-0.3, -0.25) is 9.78 Å². The van der Waals surface area contributed by atoms with Gasteiger partial charge < -0.3 is 9.80 Å². The average Bonchev–Trinajstić information content (AvgIpc) is 2.97. The van der Waals surface area contributed by atoms with E-state index in [4.69, 9.17) is 4.98 Å². The largest absolute Gasteiger partial charge is 0.355 e. The number of carbonyl (C=O) groups is 1. The van der Waals surface area contributed by atoms with Gasteiger partial charge in [-0.2, -0.15) is 10.2 Å². The molecule has 5 rings (SSSR count). The summed E-state index contributed by atoms with van der Waals surface area (Å²) in [5.41, 5.74) is 3.14. The average molecular weight is 566 g/mol. The van der Waals surface area contributed by atoms with Crippen molar-refractivity contribution in [1.82, 2.24) is 24.4 Å². The summed E-state index contributed by atoms with van der Waals surface area (Å²) in [5.74, 6) is -0.215. The molecule has 1 atom stereocenters. The van der Waals surface area contributed by atoms with E-state index in [-0.39, 0.29) is 34.8 Å². The summed E-state index contributed by atoms with van der Waals surface area (Å²) >= 11 is 0. The second-order valence-corrected chi connectivity index (χ2v) is 10.9. The molecule has 0 spiro atoms. The first-order valence-corrected chi connectivity index (χ1v) is 13.8. The van der Waals surface area contributed by atoms with Crippen LogP contribution in [0.25, 0.3) is 28.0 Å². The van der Waals surface area contributed by atoms with Gasteiger partial charge in [0.15, 0.2) is 5.65 Å². The highest BCUT2D eigenvalue weighted by Gasteiger charge is 2.30. The summed E-state index contributed by atoms with van der Waals surface area (Å²) in [6.45, 7) is 14.3. The Kier molecular flexibility index (Phi) is 7.61. The molecule has 10 heteroatoms. The fraction of sp³-hybridized carbons (Fsp3) is 0.312. The first-order valence-electron chi connectivity index (χ1n) is 13.8. The van der Waals surface area contributed by atoms with Gasteiger partial charge in [0.25, 0.3) is 0 Å². The lowest BCUT2D eigenvalue weighted by Crippen LogP contribution is -2.54. The van der Waals surface area contributed by atoms with Crippen LogP contribution in [-0.4, -0.2) is 56.0 Å². The van der Waals surface area contributed by atoms with Crippen LogP contribution in [0.1, 0.15) is 49.1 Å². The molecular formula is C32H32FN7O2. The fourth-order valence-electron chi connectivity index (χ4n) is 5.59. The highest BCUT2D eigenvalue weighted by molar-refractivity contribution is 5.93. The number of benzene rings is 1. The molecule has 1 saturated heterocycles. The molecule has 1 amide bonds. The van der Waals surface area contributed by atoms with Crippen molar-refractivity contribution < 1.29 is 9.18 Å². The van der Waals surface area contributed by atoms with Crippen LogP contribution < -0.4 is 10.6 Å². The van der Waals surface area contributed by atoms with Gasteiger partial charge in [0, 0.05) is 37.4 Å². The van der Waals surface area contributed by atoms with Crippen LogP contribution in [0.4, 0.5) is 10.2 Å². The zero-order chi connectivity index (χ0) is 30.3. The van der Waals surface area contributed by atoms with E-state index in [0.29, 0.717) is 53.3 Å². The SMILES string of the molecule is C=CC(=O)N1CCN(c2nc(=O)n(-c3c(C)ccnc3C(C)C)c3nc(-c4cccc(F)c4C)c(C#N)cc23)C(C)C1. The highest BCUT2D eigenvalue weighted by atomic mass is 19.1. The van der Waals surface area contributed by atoms with E-state index in [1.165, 1.54) is 16.7 Å². The molecule has 214 valence electrons. The van der Waals surface area contributed by atoms with Crippen LogP contribution in [0.15, 0.2) is 54.0 Å². The highest BCUT2D eigenvalue weighted by Crippen LogP contribution is 2.34. The monoisotopic (exact) mass is 565 g/mol. The van der Waals surface area contributed by atoms with Gasteiger partial charge in [-0.25, -0.2) is 18.7 Å². The normalized spacial score (nSPS) is 15.2. The fourth-order valence-corrected chi connectivity index (χ4v) is 5.59. The number of halogens is 1. The lowest BCUT2D eigenvalue weighted by Gasteiger charge is -2.40. The van der Waals surface area contributed by atoms with E-state index in [1.807, 2.05) is 38.7 Å². The zero-order valence-corrected chi connectivity index (χ0v) is 24.3. The van der Waals surface area contributed by atoms with Gasteiger partial charge in [0.1, 0.15) is 17.7 Å². The van der Waals surface area contributed by atoms with Gasteiger partial charge in [0.05, 0.1) is 28.0 Å². The smallest absolute Gasteiger partial charge is 0.350 e. The van der Waals surface area contributed by atoms with E-state index in [0.717, 1.165) is 5.56 Å². The number of pyridine rings is 2.